The molecule has 0 amide bonds. The molecule has 8 nitrogen and oxygen atoms in total. The Balaban J connectivity index is 2.35. The number of hydrogen-bond donors (Lipinski definition) is 0. The normalized spacial score (nSPS) is 10.5. The van der Waals surface area contributed by atoms with E-state index in [1.807, 2.05) is 0 Å². The fraction of sp³-hybridized carbons (Fsp3) is 0.182. The first-order valence-corrected chi connectivity index (χ1v) is 6.29. The summed E-state index contributed by atoms with van der Waals surface area (Å²) < 4.78 is 1.64. The van der Waals surface area contributed by atoms with E-state index < -0.39 is 9.85 Å². The highest BCUT2D eigenvalue weighted by Crippen LogP contribution is 2.25. The molecule has 0 fully saturated rings. The first kappa shape index (κ1) is 14.1. The van der Waals surface area contributed by atoms with Gasteiger partial charge in [-0.1, -0.05) is 12.1 Å². The van der Waals surface area contributed by atoms with Crippen molar-refractivity contribution >= 4 is 27.4 Å². The molecule has 0 aliphatic carbocycles. The van der Waals surface area contributed by atoms with Gasteiger partial charge in [0.1, 0.15) is 4.47 Å². The van der Waals surface area contributed by atoms with Crippen molar-refractivity contribution in [3.63, 3.8) is 0 Å². The van der Waals surface area contributed by atoms with Crippen molar-refractivity contribution in [2.75, 3.05) is 0 Å². The van der Waals surface area contributed by atoms with Crippen LogP contribution in [0.3, 0.4) is 0 Å². The second kappa shape index (κ2) is 5.37. The zero-order chi connectivity index (χ0) is 14.9. The van der Waals surface area contributed by atoms with E-state index in [2.05, 4.69) is 21.0 Å². The lowest BCUT2D eigenvalue weighted by atomic mass is 10.1. The average Bonchev–Trinajstić information content (AvgIpc) is 2.72. The summed E-state index contributed by atoms with van der Waals surface area (Å²) in [6.07, 6.45) is 1.47. The van der Waals surface area contributed by atoms with Crippen LogP contribution in [0.15, 0.2) is 28.9 Å². The maximum atomic E-state index is 10.9. The van der Waals surface area contributed by atoms with E-state index in [0.717, 1.165) is 0 Å². The third-order valence-electron chi connectivity index (χ3n) is 2.82. The molecule has 0 aliphatic heterocycles. The number of aromatic nitrogens is 2. The van der Waals surface area contributed by atoms with Crippen LogP contribution in [0.5, 0.6) is 0 Å². The Morgan fingerprint density at radius 2 is 2.00 bits per heavy atom. The topological polar surface area (TPSA) is 104 Å². The van der Waals surface area contributed by atoms with Gasteiger partial charge < -0.3 is 10.1 Å². The van der Waals surface area contributed by atoms with E-state index in [1.165, 1.54) is 16.9 Å². The molecular weight excluding hydrogens is 332 g/mol. The quantitative estimate of drug-likeness (QED) is 0.628. The second-order valence-corrected chi connectivity index (χ2v) is 4.93. The highest BCUT2D eigenvalue weighted by atomic mass is 79.9. The summed E-state index contributed by atoms with van der Waals surface area (Å²) in [5, 5.41) is 25.4. The smallest absolute Gasteiger partial charge is 0.358 e. The van der Waals surface area contributed by atoms with Crippen molar-refractivity contribution in [3.8, 4) is 0 Å². The van der Waals surface area contributed by atoms with Gasteiger partial charge in [0, 0.05) is 11.6 Å². The molecule has 20 heavy (non-hydrogen) atoms. The summed E-state index contributed by atoms with van der Waals surface area (Å²) in [5.41, 5.74) is 1.22. The first-order valence-electron chi connectivity index (χ1n) is 5.50. The summed E-state index contributed by atoms with van der Waals surface area (Å²) in [6.45, 7) is 1.86. The van der Waals surface area contributed by atoms with Gasteiger partial charge in [0.15, 0.2) is 0 Å². The fourth-order valence-corrected chi connectivity index (χ4v) is 2.27. The SMILES string of the molecule is Cc1c(Cn2cc(Br)c([N+](=O)[O-])n2)cccc1[N+](=O)[O-]. The van der Waals surface area contributed by atoms with Crippen molar-refractivity contribution in [2.45, 2.75) is 13.5 Å². The molecule has 0 bridgehead atoms. The Hall–Kier alpha value is -2.29. The van der Waals surface area contributed by atoms with Gasteiger partial charge in [-0.05, 0) is 33.3 Å². The molecule has 0 radical (unpaired) electrons. The van der Waals surface area contributed by atoms with Crippen LogP contribution in [0.4, 0.5) is 11.5 Å². The van der Waals surface area contributed by atoms with Crippen LogP contribution in [0, 0.1) is 27.2 Å². The lowest BCUT2D eigenvalue weighted by Gasteiger charge is -2.04. The summed E-state index contributed by atoms with van der Waals surface area (Å²) >= 11 is 3.05. The monoisotopic (exact) mass is 340 g/mol. The molecule has 1 heterocycles. The number of halogens is 1. The minimum Gasteiger partial charge on any atom is -0.358 e. The third-order valence-corrected chi connectivity index (χ3v) is 3.38. The highest BCUT2D eigenvalue weighted by molar-refractivity contribution is 9.10. The number of rotatable bonds is 4. The Bertz CT molecular complexity index is 698. The van der Waals surface area contributed by atoms with E-state index in [-0.39, 0.29) is 22.5 Å². The number of nitro groups is 2. The van der Waals surface area contributed by atoms with Gasteiger partial charge in [0.2, 0.25) is 0 Å². The number of benzene rings is 1. The molecule has 0 spiro atoms. The third kappa shape index (κ3) is 2.67. The Morgan fingerprint density at radius 3 is 2.55 bits per heavy atom. The molecular formula is C11H9BrN4O4. The lowest BCUT2D eigenvalue weighted by Crippen LogP contribution is -2.04. The van der Waals surface area contributed by atoms with Crippen LogP contribution in [0.2, 0.25) is 0 Å². The van der Waals surface area contributed by atoms with Crippen molar-refractivity contribution in [1.82, 2.24) is 9.78 Å². The molecule has 0 aliphatic rings. The summed E-state index contributed by atoms with van der Waals surface area (Å²) in [7, 11) is 0. The predicted molar refractivity (Wildman–Crippen MR) is 73.5 cm³/mol. The van der Waals surface area contributed by atoms with Crippen LogP contribution in [-0.4, -0.2) is 19.6 Å². The maximum absolute atomic E-state index is 10.9. The Morgan fingerprint density at radius 1 is 1.30 bits per heavy atom. The zero-order valence-corrected chi connectivity index (χ0v) is 11.9. The van der Waals surface area contributed by atoms with Crippen LogP contribution in [0.1, 0.15) is 11.1 Å². The molecule has 0 saturated heterocycles. The van der Waals surface area contributed by atoms with E-state index in [0.29, 0.717) is 11.1 Å². The van der Waals surface area contributed by atoms with Crippen molar-refractivity contribution in [3.05, 3.63) is 60.2 Å². The first-order chi connectivity index (χ1) is 9.40. The standard InChI is InChI=1S/C11H9BrN4O4/c1-7-8(3-2-4-10(7)15(17)18)5-14-6-9(12)11(13-14)16(19)20/h2-4,6H,5H2,1H3. The van der Waals surface area contributed by atoms with Gasteiger partial charge in [-0.15, -0.1) is 0 Å². The Kier molecular flexibility index (Phi) is 3.79. The molecule has 9 heteroatoms. The summed E-state index contributed by atoms with van der Waals surface area (Å²) in [5.74, 6) is -0.284. The molecule has 0 unspecified atom stereocenters. The van der Waals surface area contributed by atoms with E-state index in [4.69, 9.17) is 0 Å². The van der Waals surface area contributed by atoms with Gasteiger partial charge in [-0.2, -0.15) is 4.68 Å². The number of nitrogens with zero attached hydrogens (tertiary/aromatic N) is 4. The van der Waals surface area contributed by atoms with Gasteiger partial charge >= 0.3 is 5.82 Å². The largest absolute Gasteiger partial charge is 0.404 e. The molecule has 1 aromatic heterocycles. The minimum absolute atomic E-state index is 0.0169. The van der Waals surface area contributed by atoms with Crippen molar-refractivity contribution < 1.29 is 9.85 Å². The molecule has 2 rings (SSSR count). The maximum Gasteiger partial charge on any atom is 0.404 e. The van der Waals surface area contributed by atoms with E-state index in [9.17, 15) is 20.2 Å². The summed E-state index contributed by atoms with van der Waals surface area (Å²) in [6, 6.07) is 4.72. The number of nitro benzene ring substituents is 1. The van der Waals surface area contributed by atoms with Crippen LogP contribution < -0.4 is 0 Å². The van der Waals surface area contributed by atoms with Crippen LogP contribution in [0.25, 0.3) is 0 Å². The fourth-order valence-electron chi connectivity index (χ4n) is 1.81. The van der Waals surface area contributed by atoms with Crippen LogP contribution >= 0.6 is 15.9 Å². The van der Waals surface area contributed by atoms with Gasteiger partial charge in [0.05, 0.1) is 22.8 Å². The van der Waals surface area contributed by atoms with E-state index >= 15 is 0 Å². The average molecular weight is 341 g/mol. The predicted octanol–water partition coefficient (Wildman–Crippen LogP) is 2.82. The van der Waals surface area contributed by atoms with Gasteiger partial charge in [-0.3, -0.25) is 10.1 Å². The molecule has 0 N–H and O–H groups in total. The summed E-state index contributed by atoms with van der Waals surface area (Å²) in [4.78, 5) is 20.5. The molecule has 2 aromatic rings. The molecule has 0 atom stereocenters. The van der Waals surface area contributed by atoms with Gasteiger partial charge in [-0.25, -0.2) is 0 Å². The minimum atomic E-state index is -0.596. The molecule has 1 aromatic carbocycles. The van der Waals surface area contributed by atoms with Crippen LogP contribution in [-0.2, 0) is 6.54 Å². The molecule has 104 valence electrons. The highest BCUT2D eigenvalue weighted by Gasteiger charge is 2.20. The number of hydrogen-bond acceptors (Lipinski definition) is 5. The lowest BCUT2D eigenvalue weighted by molar-refractivity contribution is -0.390. The Labute approximate surface area is 121 Å². The van der Waals surface area contributed by atoms with Gasteiger partial charge in [0.25, 0.3) is 5.69 Å². The van der Waals surface area contributed by atoms with E-state index in [1.54, 1.807) is 19.1 Å². The second-order valence-electron chi connectivity index (χ2n) is 4.07. The van der Waals surface area contributed by atoms with Crippen molar-refractivity contribution in [2.24, 2.45) is 0 Å². The molecule has 0 saturated carbocycles. The van der Waals surface area contributed by atoms with Crippen molar-refractivity contribution in [1.29, 1.82) is 0 Å². The zero-order valence-electron chi connectivity index (χ0n) is 10.3.